The topological polar surface area (TPSA) is 52.6 Å². The van der Waals surface area contributed by atoms with Crippen LogP contribution in [0, 0.1) is 6.92 Å². The first-order chi connectivity index (χ1) is 8.16. The van der Waals surface area contributed by atoms with Crippen molar-refractivity contribution in [3.8, 4) is 5.75 Å². The minimum absolute atomic E-state index is 0.0760. The van der Waals surface area contributed by atoms with E-state index in [0.29, 0.717) is 5.69 Å². The van der Waals surface area contributed by atoms with Gasteiger partial charge in [-0.3, -0.25) is 0 Å². The van der Waals surface area contributed by atoms with Crippen LogP contribution in [-0.4, -0.2) is 29.1 Å². The Hall–Kier alpha value is -1.71. The van der Waals surface area contributed by atoms with Gasteiger partial charge in [-0.05, 0) is 37.8 Å². The molecule has 92 valence electrons. The van der Waals surface area contributed by atoms with E-state index in [1.54, 1.807) is 18.2 Å². The molecule has 0 saturated carbocycles. The lowest BCUT2D eigenvalue weighted by Gasteiger charge is -2.26. The van der Waals surface area contributed by atoms with Crippen LogP contribution in [0.15, 0.2) is 18.2 Å². The number of hydrogen-bond acceptors (Lipinski definition) is 2. The average Bonchev–Trinajstić information content (AvgIpc) is 2.35. The van der Waals surface area contributed by atoms with Crippen LogP contribution in [0.4, 0.5) is 10.5 Å². The zero-order chi connectivity index (χ0) is 12.3. The van der Waals surface area contributed by atoms with E-state index in [4.69, 9.17) is 0 Å². The third-order valence-corrected chi connectivity index (χ3v) is 3.10. The Kier molecular flexibility index (Phi) is 3.52. The maximum atomic E-state index is 11.9. The zero-order valence-corrected chi connectivity index (χ0v) is 10.1. The van der Waals surface area contributed by atoms with E-state index < -0.39 is 0 Å². The van der Waals surface area contributed by atoms with Gasteiger partial charge in [0.1, 0.15) is 5.75 Å². The van der Waals surface area contributed by atoms with Crippen molar-refractivity contribution in [2.75, 3.05) is 18.4 Å². The Morgan fingerprint density at radius 1 is 1.29 bits per heavy atom. The fraction of sp³-hybridized carbons (Fsp3) is 0.462. The second kappa shape index (κ2) is 5.08. The summed E-state index contributed by atoms with van der Waals surface area (Å²) in [5.41, 5.74) is 1.45. The number of aryl methyl sites for hydroxylation is 1. The quantitative estimate of drug-likeness (QED) is 0.785. The van der Waals surface area contributed by atoms with Crippen LogP contribution in [0.25, 0.3) is 0 Å². The highest BCUT2D eigenvalue weighted by atomic mass is 16.3. The van der Waals surface area contributed by atoms with E-state index in [1.165, 1.54) is 6.42 Å². The number of nitrogens with zero attached hydrogens (tertiary/aromatic N) is 1. The summed E-state index contributed by atoms with van der Waals surface area (Å²) in [4.78, 5) is 13.7. The summed E-state index contributed by atoms with van der Waals surface area (Å²) in [5, 5.41) is 12.4. The van der Waals surface area contributed by atoms with Crippen LogP contribution < -0.4 is 5.32 Å². The standard InChI is InChI=1S/C13H18N2O2/c1-10-5-6-11(9-12(10)16)14-13(17)15-7-3-2-4-8-15/h5-6,9,16H,2-4,7-8H2,1H3,(H,14,17). The lowest BCUT2D eigenvalue weighted by Crippen LogP contribution is -2.38. The Morgan fingerprint density at radius 3 is 2.65 bits per heavy atom. The molecule has 1 aromatic rings. The molecule has 4 heteroatoms. The maximum absolute atomic E-state index is 11.9. The summed E-state index contributed by atoms with van der Waals surface area (Å²) in [7, 11) is 0. The summed E-state index contributed by atoms with van der Waals surface area (Å²) in [6.07, 6.45) is 3.36. The number of rotatable bonds is 1. The predicted molar refractivity (Wildman–Crippen MR) is 67.3 cm³/mol. The van der Waals surface area contributed by atoms with E-state index in [9.17, 15) is 9.90 Å². The largest absolute Gasteiger partial charge is 0.508 e. The minimum atomic E-state index is -0.0760. The molecule has 4 nitrogen and oxygen atoms in total. The Balaban J connectivity index is 1.99. The summed E-state index contributed by atoms with van der Waals surface area (Å²) < 4.78 is 0. The van der Waals surface area contributed by atoms with Gasteiger partial charge in [0, 0.05) is 24.8 Å². The zero-order valence-electron chi connectivity index (χ0n) is 10.1. The molecule has 1 saturated heterocycles. The number of carbonyl (C=O) groups is 1. The van der Waals surface area contributed by atoms with E-state index >= 15 is 0 Å². The monoisotopic (exact) mass is 234 g/mol. The molecular formula is C13H18N2O2. The molecular weight excluding hydrogens is 216 g/mol. The van der Waals surface area contributed by atoms with Crippen molar-refractivity contribution in [2.45, 2.75) is 26.2 Å². The fourth-order valence-corrected chi connectivity index (χ4v) is 1.99. The van der Waals surface area contributed by atoms with Gasteiger partial charge < -0.3 is 15.3 Å². The normalized spacial score (nSPS) is 15.7. The van der Waals surface area contributed by atoms with Crippen LogP contribution >= 0.6 is 0 Å². The summed E-state index contributed by atoms with van der Waals surface area (Å²) >= 11 is 0. The summed E-state index contributed by atoms with van der Waals surface area (Å²) in [6, 6.07) is 5.10. The van der Waals surface area contributed by atoms with E-state index in [-0.39, 0.29) is 11.8 Å². The molecule has 1 heterocycles. The van der Waals surface area contributed by atoms with Crippen molar-refractivity contribution in [3.05, 3.63) is 23.8 Å². The molecule has 2 N–H and O–H groups in total. The van der Waals surface area contributed by atoms with Gasteiger partial charge in [0.15, 0.2) is 0 Å². The lowest BCUT2D eigenvalue weighted by molar-refractivity contribution is 0.200. The van der Waals surface area contributed by atoms with E-state index in [0.717, 1.165) is 31.5 Å². The fourth-order valence-electron chi connectivity index (χ4n) is 1.99. The molecule has 0 unspecified atom stereocenters. The molecule has 1 fully saturated rings. The molecule has 1 aromatic carbocycles. The first kappa shape index (κ1) is 11.8. The first-order valence-corrected chi connectivity index (χ1v) is 6.02. The maximum Gasteiger partial charge on any atom is 0.321 e. The SMILES string of the molecule is Cc1ccc(NC(=O)N2CCCCC2)cc1O. The first-order valence-electron chi connectivity index (χ1n) is 6.02. The lowest BCUT2D eigenvalue weighted by atomic mass is 10.1. The molecule has 0 aromatic heterocycles. The molecule has 17 heavy (non-hydrogen) atoms. The van der Waals surface area contributed by atoms with Crippen molar-refractivity contribution in [3.63, 3.8) is 0 Å². The summed E-state index contributed by atoms with van der Waals surface area (Å²) in [5.74, 6) is 0.210. The predicted octanol–water partition coefficient (Wildman–Crippen LogP) is 2.72. The van der Waals surface area contributed by atoms with Gasteiger partial charge in [-0.2, -0.15) is 0 Å². The number of phenols is 1. The van der Waals surface area contributed by atoms with Crippen molar-refractivity contribution in [1.82, 2.24) is 4.90 Å². The number of carbonyl (C=O) groups excluding carboxylic acids is 1. The molecule has 2 rings (SSSR count). The molecule has 1 aliphatic heterocycles. The van der Waals surface area contributed by atoms with Crippen LogP contribution in [0.2, 0.25) is 0 Å². The smallest absolute Gasteiger partial charge is 0.321 e. The number of anilines is 1. The van der Waals surface area contributed by atoms with E-state index in [1.807, 2.05) is 11.8 Å². The van der Waals surface area contributed by atoms with Gasteiger partial charge in [-0.15, -0.1) is 0 Å². The third kappa shape index (κ3) is 2.90. The van der Waals surface area contributed by atoms with Crippen LogP contribution in [0.1, 0.15) is 24.8 Å². The minimum Gasteiger partial charge on any atom is -0.508 e. The highest BCUT2D eigenvalue weighted by Crippen LogP contribution is 2.21. The number of nitrogens with one attached hydrogen (secondary N) is 1. The number of piperidine rings is 1. The third-order valence-electron chi connectivity index (χ3n) is 3.10. The van der Waals surface area contributed by atoms with Gasteiger partial charge >= 0.3 is 6.03 Å². The van der Waals surface area contributed by atoms with Crippen LogP contribution in [-0.2, 0) is 0 Å². The van der Waals surface area contributed by atoms with Crippen molar-refractivity contribution in [1.29, 1.82) is 0 Å². The number of benzene rings is 1. The second-order valence-electron chi connectivity index (χ2n) is 4.48. The Morgan fingerprint density at radius 2 is 2.00 bits per heavy atom. The molecule has 0 atom stereocenters. The second-order valence-corrected chi connectivity index (χ2v) is 4.48. The number of amides is 2. The van der Waals surface area contributed by atoms with Crippen molar-refractivity contribution in [2.24, 2.45) is 0 Å². The number of aromatic hydroxyl groups is 1. The average molecular weight is 234 g/mol. The van der Waals surface area contributed by atoms with Gasteiger partial charge in [-0.25, -0.2) is 4.79 Å². The van der Waals surface area contributed by atoms with Gasteiger partial charge in [-0.1, -0.05) is 6.07 Å². The molecule has 0 aliphatic carbocycles. The Bertz CT molecular complexity index is 412. The van der Waals surface area contributed by atoms with Gasteiger partial charge in [0.25, 0.3) is 0 Å². The molecule has 1 aliphatic rings. The molecule has 0 bridgehead atoms. The number of hydrogen-bond donors (Lipinski definition) is 2. The number of urea groups is 1. The molecule has 0 spiro atoms. The van der Waals surface area contributed by atoms with Crippen molar-refractivity contribution >= 4 is 11.7 Å². The van der Waals surface area contributed by atoms with Gasteiger partial charge in [0.05, 0.1) is 0 Å². The highest BCUT2D eigenvalue weighted by molar-refractivity contribution is 5.89. The number of likely N-dealkylation sites (tertiary alicyclic amines) is 1. The molecule has 0 radical (unpaired) electrons. The number of phenolic OH excluding ortho intramolecular Hbond substituents is 1. The van der Waals surface area contributed by atoms with Crippen LogP contribution in [0.3, 0.4) is 0 Å². The van der Waals surface area contributed by atoms with E-state index in [2.05, 4.69) is 5.32 Å². The van der Waals surface area contributed by atoms with Crippen LogP contribution in [0.5, 0.6) is 5.75 Å². The highest BCUT2D eigenvalue weighted by Gasteiger charge is 2.16. The Labute approximate surface area is 101 Å². The van der Waals surface area contributed by atoms with Crippen molar-refractivity contribution < 1.29 is 9.90 Å². The van der Waals surface area contributed by atoms with Gasteiger partial charge in [0.2, 0.25) is 0 Å². The summed E-state index contributed by atoms with van der Waals surface area (Å²) in [6.45, 7) is 3.47. The molecule has 2 amide bonds.